The molecule has 0 aliphatic carbocycles. The third kappa shape index (κ3) is 2.89. The molecule has 2 unspecified atom stereocenters. The summed E-state index contributed by atoms with van der Waals surface area (Å²) in [5.74, 6) is -0.823. The fourth-order valence-corrected chi connectivity index (χ4v) is 5.11. The van der Waals surface area contributed by atoms with Crippen LogP contribution < -0.4 is 10.6 Å². The van der Waals surface area contributed by atoms with Gasteiger partial charge in [0.1, 0.15) is 0 Å². The topological polar surface area (TPSA) is 37.3 Å². The Morgan fingerprint density at radius 3 is 2.31 bits per heavy atom. The Balaban J connectivity index is 3.49. The molecule has 84 valence electrons. The van der Waals surface area contributed by atoms with Gasteiger partial charge in [0.25, 0.3) is 0 Å². The molecule has 6 heteroatoms. The largest absolute Gasteiger partial charge is 0.481 e. The van der Waals surface area contributed by atoms with Crippen LogP contribution in [-0.4, -0.2) is 11.1 Å². The summed E-state index contributed by atoms with van der Waals surface area (Å²) in [6, 6.07) is 1.93. The predicted octanol–water partition coefficient (Wildman–Crippen LogP) is 1.46. The molecule has 1 aromatic carbocycles. The molecule has 1 N–H and O–H groups in total. The van der Waals surface area contributed by atoms with Gasteiger partial charge < -0.3 is 5.11 Å². The Morgan fingerprint density at radius 1 is 1.31 bits per heavy atom. The van der Waals surface area contributed by atoms with Crippen LogP contribution in [0.2, 0.25) is 0 Å². The number of hydrogen-bond acceptors (Lipinski definition) is 3. The van der Waals surface area contributed by atoms with Crippen molar-refractivity contribution in [2.45, 2.75) is 20.3 Å². The van der Waals surface area contributed by atoms with Gasteiger partial charge >= 0.3 is 5.97 Å². The highest BCUT2D eigenvalue weighted by atomic mass is 32.4. The van der Waals surface area contributed by atoms with Crippen molar-refractivity contribution in [3.05, 3.63) is 22.8 Å². The van der Waals surface area contributed by atoms with E-state index in [1.807, 2.05) is 19.9 Å². The lowest BCUT2D eigenvalue weighted by molar-refractivity contribution is -0.136. The van der Waals surface area contributed by atoms with Crippen molar-refractivity contribution in [1.29, 1.82) is 0 Å². The molecule has 0 aliphatic heterocycles. The maximum absolute atomic E-state index is 10.8. The van der Waals surface area contributed by atoms with E-state index in [1.165, 1.54) is 0 Å². The fourth-order valence-electron chi connectivity index (χ4n) is 1.53. The van der Waals surface area contributed by atoms with Crippen molar-refractivity contribution < 1.29 is 9.90 Å². The Labute approximate surface area is 108 Å². The van der Waals surface area contributed by atoms with Crippen LogP contribution in [0.3, 0.4) is 0 Å². The molecule has 0 aromatic heterocycles. The second-order valence-electron chi connectivity index (χ2n) is 3.50. The summed E-state index contributed by atoms with van der Waals surface area (Å²) in [7, 11) is 0.442. The molecule has 0 bridgehead atoms. The SMILES string of the molecule is Cc1cc(CC(=O)O)c([PH+]=S)c([PH+]=S)c1C. The highest BCUT2D eigenvalue weighted by Crippen LogP contribution is 2.15. The van der Waals surface area contributed by atoms with E-state index in [4.69, 9.17) is 28.7 Å². The molecule has 1 aromatic rings. The lowest BCUT2D eigenvalue weighted by Crippen LogP contribution is -2.23. The van der Waals surface area contributed by atoms with E-state index in [2.05, 4.69) is 0 Å². The zero-order valence-corrected chi connectivity index (χ0v) is 12.6. The highest BCUT2D eigenvalue weighted by molar-refractivity contribution is 8.02. The van der Waals surface area contributed by atoms with E-state index in [1.54, 1.807) is 0 Å². The summed E-state index contributed by atoms with van der Waals surface area (Å²) in [5, 5.41) is 10.9. The Bertz CT molecular complexity index is 472. The molecule has 0 saturated carbocycles. The smallest absolute Gasteiger partial charge is 0.307 e. The third-order valence-corrected chi connectivity index (χ3v) is 5.55. The van der Waals surface area contributed by atoms with Gasteiger partial charge in [0.15, 0.2) is 23.6 Å². The van der Waals surface area contributed by atoms with Crippen molar-refractivity contribution in [1.82, 2.24) is 0 Å². The van der Waals surface area contributed by atoms with Crippen molar-refractivity contribution >= 4 is 54.9 Å². The minimum atomic E-state index is -0.823. The number of benzene rings is 1. The van der Waals surface area contributed by atoms with Crippen molar-refractivity contribution in [2.24, 2.45) is 0 Å². The van der Waals surface area contributed by atoms with Crippen LogP contribution in [0.25, 0.3) is 0 Å². The molecular formula is C10H12O2P2S2+2. The van der Waals surface area contributed by atoms with Crippen molar-refractivity contribution in [2.75, 3.05) is 0 Å². The minimum absolute atomic E-state index is 0.0346. The normalized spacial score (nSPS) is 10.9. The number of rotatable bonds is 4. The van der Waals surface area contributed by atoms with Crippen LogP contribution >= 0.6 is 14.7 Å². The van der Waals surface area contributed by atoms with E-state index in [9.17, 15) is 4.79 Å². The van der Waals surface area contributed by atoms with Crippen LogP contribution in [0.4, 0.5) is 0 Å². The molecule has 0 heterocycles. The van der Waals surface area contributed by atoms with E-state index >= 15 is 0 Å². The Hall–Kier alpha value is -0.270. The van der Waals surface area contributed by atoms with E-state index < -0.39 is 5.97 Å². The molecule has 0 aliphatic rings. The molecule has 0 amide bonds. The first-order valence-electron chi connectivity index (χ1n) is 4.62. The first-order valence-corrected chi connectivity index (χ1v) is 8.89. The number of aryl methyl sites for hydroxylation is 1. The van der Waals surface area contributed by atoms with E-state index in [-0.39, 0.29) is 21.1 Å². The fraction of sp³-hybridized carbons (Fsp3) is 0.300. The summed E-state index contributed by atoms with van der Waals surface area (Å²) in [6.07, 6.45) is 0.0346. The molecule has 16 heavy (non-hydrogen) atoms. The zero-order valence-electron chi connectivity index (χ0n) is 8.96. The number of carbonyl (C=O) groups is 1. The average molecular weight is 290 g/mol. The molecule has 1 rings (SSSR count). The first-order chi connectivity index (χ1) is 7.51. The standard InChI is InChI=1S/C10H10O2P2S2/c1-5-3-7(4-8(11)12)10(14-16)9(13-15)6(5)2/h3H,4H2,1-2H3,(H,11,12)/p+2. The molecule has 0 spiro atoms. The van der Waals surface area contributed by atoms with Gasteiger partial charge in [-0.25, -0.2) is 0 Å². The lowest BCUT2D eigenvalue weighted by Gasteiger charge is -2.04. The number of aliphatic carboxylic acids is 1. The first kappa shape index (κ1) is 13.8. The molecule has 2 atom stereocenters. The lowest BCUT2D eigenvalue weighted by atomic mass is 10.0. The molecular weight excluding hydrogens is 278 g/mol. The average Bonchev–Trinajstić information content (AvgIpc) is 2.21. The quantitative estimate of drug-likeness (QED) is 0.852. The molecule has 0 radical (unpaired) electrons. The van der Waals surface area contributed by atoms with Crippen LogP contribution in [0.15, 0.2) is 6.07 Å². The Kier molecular flexibility index (Phi) is 5.07. The monoisotopic (exact) mass is 290 g/mol. The van der Waals surface area contributed by atoms with Crippen LogP contribution in [0, 0.1) is 13.8 Å². The van der Waals surface area contributed by atoms with Crippen LogP contribution in [0.1, 0.15) is 16.7 Å². The van der Waals surface area contributed by atoms with Gasteiger partial charge in [0, 0.05) is 11.1 Å². The molecule has 0 saturated heterocycles. The summed E-state index contributed by atoms with van der Waals surface area (Å²) in [6.45, 7) is 4.00. The predicted molar refractivity (Wildman–Crippen MR) is 77.9 cm³/mol. The van der Waals surface area contributed by atoms with Crippen LogP contribution in [0.5, 0.6) is 0 Å². The van der Waals surface area contributed by atoms with Gasteiger partial charge in [-0.05, 0) is 19.4 Å². The number of hydrogen-bond donors (Lipinski definition) is 1. The second-order valence-corrected chi connectivity index (χ2v) is 6.14. The van der Waals surface area contributed by atoms with Crippen molar-refractivity contribution in [3.63, 3.8) is 0 Å². The highest BCUT2D eigenvalue weighted by Gasteiger charge is 2.23. The van der Waals surface area contributed by atoms with E-state index in [0.29, 0.717) is 0 Å². The summed E-state index contributed by atoms with van der Waals surface area (Å²) < 4.78 is 0. The maximum Gasteiger partial charge on any atom is 0.307 e. The van der Waals surface area contributed by atoms with Gasteiger partial charge in [0.2, 0.25) is 25.3 Å². The maximum atomic E-state index is 10.8. The zero-order chi connectivity index (χ0) is 12.3. The number of carboxylic acid groups (broad SMARTS) is 1. The summed E-state index contributed by atoms with van der Waals surface area (Å²) in [4.78, 5) is 10.8. The summed E-state index contributed by atoms with van der Waals surface area (Å²) >= 11 is 10.2. The third-order valence-electron chi connectivity index (χ3n) is 2.47. The molecule has 0 fully saturated rings. The minimum Gasteiger partial charge on any atom is -0.481 e. The van der Waals surface area contributed by atoms with E-state index in [0.717, 1.165) is 27.3 Å². The van der Waals surface area contributed by atoms with Gasteiger partial charge in [-0.3, -0.25) is 4.79 Å². The number of carboxylic acids is 1. The van der Waals surface area contributed by atoms with Gasteiger partial charge in [0.05, 0.1) is 6.42 Å². The van der Waals surface area contributed by atoms with Gasteiger partial charge in [-0.15, -0.1) is 0 Å². The summed E-state index contributed by atoms with van der Waals surface area (Å²) in [5.41, 5.74) is 3.09. The molecule has 2 nitrogen and oxygen atoms in total. The van der Waals surface area contributed by atoms with Gasteiger partial charge in [-0.2, -0.15) is 0 Å². The van der Waals surface area contributed by atoms with Crippen LogP contribution in [-0.2, 0) is 34.8 Å². The second kappa shape index (κ2) is 5.88. The van der Waals surface area contributed by atoms with Gasteiger partial charge in [-0.1, -0.05) is 6.07 Å². The van der Waals surface area contributed by atoms with Crippen molar-refractivity contribution in [3.8, 4) is 0 Å². The Morgan fingerprint density at radius 2 is 1.88 bits per heavy atom.